The predicted molar refractivity (Wildman–Crippen MR) is 87.7 cm³/mol. The lowest BCUT2D eigenvalue weighted by atomic mass is 9.96. The molecule has 1 fully saturated rings. The highest BCUT2D eigenvalue weighted by Gasteiger charge is 2.03. The first-order valence-electron chi connectivity index (χ1n) is 7.46. The van der Waals surface area contributed by atoms with Gasteiger partial charge in [-0.3, -0.25) is 0 Å². The monoisotopic (exact) mass is 253 g/mol. The minimum absolute atomic E-state index is 1.19. The van der Waals surface area contributed by atoms with Gasteiger partial charge in [-0.15, -0.1) is 0 Å². The van der Waals surface area contributed by atoms with E-state index >= 15 is 0 Å². The van der Waals surface area contributed by atoms with Crippen molar-refractivity contribution in [2.24, 2.45) is 0 Å². The van der Waals surface area contributed by atoms with Crippen molar-refractivity contribution in [3.8, 4) is 0 Å². The molecule has 0 unspecified atom stereocenters. The van der Waals surface area contributed by atoms with Gasteiger partial charge in [0.25, 0.3) is 0 Å². The Bertz CT molecular complexity index is 503. The minimum Gasteiger partial charge on any atom is -0.306 e. The molecule has 19 heavy (non-hydrogen) atoms. The molecule has 0 aliphatic carbocycles. The SMILES string of the molecule is BCCc1ccc2ccccc2c1.CN1CCCC1. The molecule has 0 atom stereocenters. The summed E-state index contributed by atoms with van der Waals surface area (Å²) in [6.45, 7) is 2.64. The Morgan fingerprint density at radius 2 is 1.68 bits per heavy atom. The number of benzene rings is 2. The van der Waals surface area contributed by atoms with Crippen LogP contribution in [0.25, 0.3) is 10.8 Å². The zero-order valence-corrected chi connectivity index (χ0v) is 12.2. The molecular formula is C17H24BN. The van der Waals surface area contributed by atoms with Crippen molar-refractivity contribution >= 4 is 18.6 Å². The quantitative estimate of drug-likeness (QED) is 0.743. The largest absolute Gasteiger partial charge is 0.306 e. The third-order valence-electron chi connectivity index (χ3n) is 3.68. The van der Waals surface area contributed by atoms with Crippen LogP contribution in [-0.4, -0.2) is 32.9 Å². The van der Waals surface area contributed by atoms with E-state index in [4.69, 9.17) is 0 Å². The van der Waals surface area contributed by atoms with Crippen LogP contribution in [0.5, 0.6) is 0 Å². The Morgan fingerprint density at radius 3 is 2.26 bits per heavy atom. The van der Waals surface area contributed by atoms with Crippen LogP contribution in [0, 0.1) is 0 Å². The molecule has 0 radical (unpaired) electrons. The van der Waals surface area contributed by atoms with Gasteiger partial charge in [-0.05, 0) is 55.7 Å². The molecule has 0 saturated carbocycles. The molecule has 1 saturated heterocycles. The molecule has 0 N–H and O–H groups in total. The second-order valence-corrected chi connectivity index (χ2v) is 5.44. The summed E-state index contributed by atoms with van der Waals surface area (Å²) >= 11 is 0. The van der Waals surface area contributed by atoms with E-state index in [0.29, 0.717) is 0 Å². The van der Waals surface area contributed by atoms with Crippen molar-refractivity contribution in [3.05, 3.63) is 48.0 Å². The molecule has 0 bridgehead atoms. The van der Waals surface area contributed by atoms with Crippen LogP contribution in [0.1, 0.15) is 18.4 Å². The summed E-state index contributed by atoms with van der Waals surface area (Å²) in [6, 6.07) is 15.2. The lowest BCUT2D eigenvalue weighted by molar-refractivity contribution is 0.418. The van der Waals surface area contributed by atoms with Gasteiger partial charge in [0.1, 0.15) is 7.85 Å². The van der Waals surface area contributed by atoms with E-state index in [9.17, 15) is 0 Å². The van der Waals surface area contributed by atoms with Gasteiger partial charge in [-0.1, -0.05) is 48.8 Å². The van der Waals surface area contributed by atoms with E-state index in [2.05, 4.69) is 62.3 Å². The molecule has 1 nitrogen and oxygen atoms in total. The van der Waals surface area contributed by atoms with Gasteiger partial charge in [0.2, 0.25) is 0 Å². The summed E-state index contributed by atoms with van der Waals surface area (Å²) in [5, 5.41) is 2.69. The average Bonchev–Trinajstić information content (AvgIpc) is 2.91. The summed E-state index contributed by atoms with van der Waals surface area (Å²) < 4.78 is 0. The highest BCUT2D eigenvalue weighted by Crippen LogP contribution is 2.16. The first kappa shape index (κ1) is 14.1. The number of hydrogen-bond donors (Lipinski definition) is 0. The fourth-order valence-electron chi connectivity index (χ4n) is 2.56. The van der Waals surface area contributed by atoms with Gasteiger partial charge < -0.3 is 4.90 Å². The average molecular weight is 253 g/mol. The number of hydrogen-bond acceptors (Lipinski definition) is 1. The summed E-state index contributed by atoms with van der Waals surface area (Å²) in [6.07, 6.45) is 5.23. The molecule has 0 amide bonds. The van der Waals surface area contributed by atoms with Gasteiger partial charge in [-0.2, -0.15) is 0 Å². The van der Waals surface area contributed by atoms with Crippen molar-refractivity contribution in [3.63, 3.8) is 0 Å². The predicted octanol–water partition coefficient (Wildman–Crippen LogP) is 3.15. The molecule has 2 aromatic carbocycles. The third-order valence-corrected chi connectivity index (χ3v) is 3.68. The van der Waals surface area contributed by atoms with Crippen LogP contribution in [0.3, 0.4) is 0 Å². The summed E-state index contributed by atoms with van der Waals surface area (Å²) in [5.74, 6) is 0. The van der Waals surface area contributed by atoms with Crippen molar-refractivity contribution in [1.29, 1.82) is 0 Å². The van der Waals surface area contributed by atoms with Crippen molar-refractivity contribution in [1.82, 2.24) is 4.90 Å². The number of aryl methyl sites for hydroxylation is 1. The first-order chi connectivity index (χ1) is 9.29. The minimum atomic E-state index is 1.19. The molecule has 2 heteroatoms. The Balaban J connectivity index is 0.000000186. The van der Waals surface area contributed by atoms with Gasteiger partial charge in [0, 0.05) is 0 Å². The highest BCUT2D eigenvalue weighted by molar-refractivity contribution is 6.08. The summed E-state index contributed by atoms with van der Waals surface area (Å²) in [4.78, 5) is 2.36. The normalized spacial score (nSPS) is 15.2. The summed E-state index contributed by atoms with van der Waals surface area (Å²) in [7, 11) is 4.39. The van der Waals surface area contributed by atoms with E-state index in [1.54, 1.807) is 0 Å². The molecule has 0 aromatic heterocycles. The third kappa shape index (κ3) is 4.39. The maximum atomic E-state index is 2.36. The fourth-order valence-corrected chi connectivity index (χ4v) is 2.56. The van der Waals surface area contributed by atoms with Crippen LogP contribution in [0.4, 0.5) is 0 Å². The van der Waals surface area contributed by atoms with E-state index < -0.39 is 0 Å². The van der Waals surface area contributed by atoms with Crippen LogP contribution >= 0.6 is 0 Å². The van der Waals surface area contributed by atoms with Crippen LogP contribution in [-0.2, 0) is 6.42 Å². The van der Waals surface area contributed by atoms with Crippen LogP contribution < -0.4 is 0 Å². The smallest absolute Gasteiger partial charge is 0.101 e. The van der Waals surface area contributed by atoms with E-state index in [-0.39, 0.29) is 0 Å². The highest BCUT2D eigenvalue weighted by atomic mass is 15.1. The van der Waals surface area contributed by atoms with E-state index in [0.717, 1.165) is 0 Å². The van der Waals surface area contributed by atoms with Crippen molar-refractivity contribution < 1.29 is 0 Å². The van der Waals surface area contributed by atoms with Gasteiger partial charge in [0.15, 0.2) is 0 Å². The van der Waals surface area contributed by atoms with Crippen molar-refractivity contribution in [2.45, 2.75) is 25.6 Å². The molecule has 1 heterocycles. The molecule has 0 spiro atoms. The lowest BCUT2D eigenvalue weighted by Gasteiger charge is -2.01. The van der Waals surface area contributed by atoms with E-state index in [1.807, 2.05) is 0 Å². The van der Waals surface area contributed by atoms with Crippen LogP contribution in [0.2, 0.25) is 6.32 Å². The zero-order valence-electron chi connectivity index (χ0n) is 12.2. The lowest BCUT2D eigenvalue weighted by Crippen LogP contribution is -2.10. The first-order valence-corrected chi connectivity index (χ1v) is 7.46. The van der Waals surface area contributed by atoms with Gasteiger partial charge >= 0.3 is 0 Å². The zero-order chi connectivity index (χ0) is 13.5. The molecule has 100 valence electrons. The Kier molecular flexibility index (Phi) is 5.47. The Hall–Kier alpha value is -1.28. The number of rotatable bonds is 2. The number of likely N-dealkylation sites (tertiary alicyclic amines) is 1. The topological polar surface area (TPSA) is 3.24 Å². The van der Waals surface area contributed by atoms with Crippen molar-refractivity contribution in [2.75, 3.05) is 20.1 Å². The van der Waals surface area contributed by atoms with Gasteiger partial charge in [-0.25, -0.2) is 0 Å². The number of fused-ring (bicyclic) bond motifs is 1. The maximum Gasteiger partial charge on any atom is 0.101 e. The van der Waals surface area contributed by atoms with E-state index in [1.165, 1.54) is 55.0 Å². The molecule has 3 rings (SSSR count). The standard InChI is InChI=1S/C12H13B.C5H11N/c13-8-7-10-5-6-11-3-1-2-4-12(11)9-10;1-6-4-2-3-5-6/h1-6,9H,7-8,13H2;2-5H2,1H3. The second kappa shape index (κ2) is 7.35. The summed E-state index contributed by atoms with van der Waals surface area (Å²) in [5.41, 5.74) is 1.45. The molecule has 1 aliphatic heterocycles. The second-order valence-electron chi connectivity index (χ2n) is 5.44. The van der Waals surface area contributed by atoms with Crippen LogP contribution in [0.15, 0.2) is 42.5 Å². The number of nitrogens with zero attached hydrogens (tertiary/aromatic N) is 1. The molecule has 1 aliphatic rings. The van der Waals surface area contributed by atoms with Gasteiger partial charge in [0.05, 0.1) is 0 Å². The fraction of sp³-hybridized carbons (Fsp3) is 0.412. The Labute approximate surface area is 118 Å². The Morgan fingerprint density at radius 1 is 1.00 bits per heavy atom. The molecule has 2 aromatic rings. The maximum absolute atomic E-state index is 2.36. The molecular weight excluding hydrogens is 229 g/mol.